The molecule has 0 aromatic heterocycles. The Hall–Kier alpha value is -3.40. The summed E-state index contributed by atoms with van der Waals surface area (Å²) in [6, 6.07) is 26.0. The number of fused-ring (bicyclic) bond motifs is 3. The van der Waals surface area contributed by atoms with Crippen molar-refractivity contribution in [1.29, 1.82) is 0 Å². The fraction of sp³-hybridized carbons (Fsp3) is 0.259. The molecule has 1 aliphatic carbocycles. The Morgan fingerprint density at radius 3 is 1.94 bits per heavy atom. The van der Waals surface area contributed by atoms with Crippen LogP contribution < -0.4 is 5.73 Å². The van der Waals surface area contributed by atoms with Gasteiger partial charge in [-0.1, -0.05) is 78.9 Å². The van der Waals surface area contributed by atoms with Gasteiger partial charge in [-0.3, -0.25) is 9.59 Å². The van der Waals surface area contributed by atoms with Crippen LogP contribution >= 0.6 is 0 Å². The number of esters is 1. The number of rotatable bonds is 7. The molecule has 31 heavy (non-hydrogen) atoms. The molecule has 0 radical (unpaired) electrons. The molecule has 1 amide bonds. The number of carbonyl (C=O) groups is 2. The van der Waals surface area contributed by atoms with Gasteiger partial charge in [0.25, 0.3) is 0 Å². The summed E-state index contributed by atoms with van der Waals surface area (Å²) in [5, 5.41) is 0. The lowest BCUT2D eigenvalue weighted by atomic mass is 9.75. The molecular weight excluding hydrogens is 386 g/mol. The monoisotopic (exact) mass is 413 g/mol. The second-order valence-corrected chi connectivity index (χ2v) is 8.69. The molecule has 3 aromatic rings. The van der Waals surface area contributed by atoms with Gasteiger partial charge < -0.3 is 10.5 Å². The maximum absolute atomic E-state index is 13.2. The average molecular weight is 414 g/mol. The highest BCUT2D eigenvalue weighted by Crippen LogP contribution is 2.45. The van der Waals surface area contributed by atoms with Crippen molar-refractivity contribution >= 4 is 11.9 Å². The number of primary amides is 1. The van der Waals surface area contributed by atoms with Crippen LogP contribution in [-0.4, -0.2) is 18.5 Å². The van der Waals surface area contributed by atoms with Gasteiger partial charge in [0, 0.05) is 5.92 Å². The summed E-state index contributed by atoms with van der Waals surface area (Å²) in [7, 11) is 0. The minimum atomic E-state index is -1.04. The normalized spacial score (nSPS) is 13.9. The van der Waals surface area contributed by atoms with Gasteiger partial charge in [0.05, 0.1) is 11.3 Å². The fourth-order valence-corrected chi connectivity index (χ4v) is 4.49. The molecule has 0 fully saturated rings. The molecule has 158 valence electrons. The molecule has 0 saturated heterocycles. The Morgan fingerprint density at radius 1 is 0.871 bits per heavy atom. The van der Waals surface area contributed by atoms with Crippen LogP contribution in [0.5, 0.6) is 0 Å². The van der Waals surface area contributed by atoms with E-state index in [2.05, 4.69) is 24.3 Å². The van der Waals surface area contributed by atoms with E-state index in [4.69, 9.17) is 10.5 Å². The molecule has 0 heterocycles. The summed E-state index contributed by atoms with van der Waals surface area (Å²) in [5.74, 6) is -1.59. The van der Waals surface area contributed by atoms with E-state index >= 15 is 0 Å². The molecule has 4 rings (SSSR count). The van der Waals surface area contributed by atoms with E-state index in [1.54, 1.807) is 13.8 Å². The van der Waals surface area contributed by atoms with Gasteiger partial charge in [-0.15, -0.1) is 0 Å². The zero-order valence-corrected chi connectivity index (χ0v) is 17.9. The van der Waals surface area contributed by atoms with Crippen LogP contribution in [0.25, 0.3) is 11.1 Å². The van der Waals surface area contributed by atoms with Crippen LogP contribution in [0.4, 0.5) is 0 Å². The average Bonchev–Trinajstić information content (AvgIpc) is 3.10. The Balaban J connectivity index is 1.53. The van der Waals surface area contributed by atoms with Crippen LogP contribution in [0, 0.1) is 11.3 Å². The lowest BCUT2D eigenvalue weighted by Crippen LogP contribution is -2.43. The van der Waals surface area contributed by atoms with E-state index in [1.807, 2.05) is 54.6 Å². The van der Waals surface area contributed by atoms with Gasteiger partial charge in [-0.25, -0.2) is 0 Å². The number of carbonyl (C=O) groups excluding carboxylic acids is 2. The highest BCUT2D eigenvalue weighted by atomic mass is 16.5. The maximum Gasteiger partial charge on any atom is 0.312 e. The van der Waals surface area contributed by atoms with Crippen molar-refractivity contribution < 1.29 is 14.3 Å². The summed E-state index contributed by atoms with van der Waals surface area (Å²) in [5.41, 5.74) is 10.3. The van der Waals surface area contributed by atoms with Crippen LogP contribution in [-0.2, 0) is 20.7 Å². The Kier molecular flexibility index (Phi) is 5.64. The van der Waals surface area contributed by atoms with E-state index in [9.17, 15) is 9.59 Å². The van der Waals surface area contributed by atoms with Crippen molar-refractivity contribution in [3.8, 4) is 11.1 Å². The van der Waals surface area contributed by atoms with Gasteiger partial charge in [-0.05, 0) is 48.1 Å². The molecule has 0 spiro atoms. The van der Waals surface area contributed by atoms with E-state index < -0.39 is 23.2 Å². The van der Waals surface area contributed by atoms with Gasteiger partial charge in [-0.2, -0.15) is 0 Å². The minimum absolute atomic E-state index is 0.0201. The molecule has 4 nitrogen and oxygen atoms in total. The maximum atomic E-state index is 13.2. The molecule has 3 aromatic carbocycles. The number of nitrogens with two attached hydrogens (primary N) is 1. The first-order valence-electron chi connectivity index (χ1n) is 10.6. The van der Waals surface area contributed by atoms with Crippen molar-refractivity contribution in [2.24, 2.45) is 17.1 Å². The molecule has 1 atom stereocenters. The highest BCUT2D eigenvalue weighted by molar-refractivity contribution is 5.87. The first-order chi connectivity index (χ1) is 14.9. The van der Waals surface area contributed by atoms with Crippen molar-refractivity contribution in [1.82, 2.24) is 0 Å². The van der Waals surface area contributed by atoms with Gasteiger partial charge in [0.1, 0.15) is 6.61 Å². The van der Waals surface area contributed by atoms with Crippen molar-refractivity contribution in [3.63, 3.8) is 0 Å². The number of ether oxygens (including phenoxy) is 1. The van der Waals surface area contributed by atoms with Crippen LogP contribution in [0.15, 0.2) is 78.9 Å². The largest absolute Gasteiger partial charge is 0.464 e. The van der Waals surface area contributed by atoms with Gasteiger partial charge in [0.2, 0.25) is 5.91 Å². The molecule has 0 bridgehead atoms. The SMILES string of the molecule is CC(C)(C(=O)OCC1c2ccccc2-c2ccccc21)C(Cc1ccccc1)C(N)=O. The van der Waals surface area contributed by atoms with Crippen molar-refractivity contribution in [2.75, 3.05) is 6.61 Å². The standard InChI is InChI=1S/C27H27NO3/c1-27(2,24(25(28)29)16-18-10-4-3-5-11-18)26(30)31-17-23-21-14-8-6-12-19(21)20-13-7-9-15-22(20)23/h3-15,23-24H,16-17H2,1-2H3,(H2,28,29). The second-order valence-electron chi connectivity index (χ2n) is 8.69. The second kappa shape index (κ2) is 8.38. The molecular formula is C27H27NO3. The third-order valence-corrected chi connectivity index (χ3v) is 6.37. The molecule has 1 unspecified atom stereocenters. The molecule has 2 N–H and O–H groups in total. The molecule has 0 aliphatic heterocycles. The van der Waals surface area contributed by atoms with Crippen LogP contribution in [0.2, 0.25) is 0 Å². The summed E-state index contributed by atoms with van der Waals surface area (Å²) in [4.78, 5) is 25.4. The Morgan fingerprint density at radius 2 is 1.39 bits per heavy atom. The van der Waals surface area contributed by atoms with Gasteiger partial charge >= 0.3 is 5.97 Å². The summed E-state index contributed by atoms with van der Waals surface area (Å²) in [6.45, 7) is 3.71. The summed E-state index contributed by atoms with van der Waals surface area (Å²) in [6.07, 6.45) is 0.396. The predicted octanol–water partition coefficient (Wildman–Crippen LogP) is 4.71. The molecule has 0 saturated carbocycles. The number of hydrogen-bond acceptors (Lipinski definition) is 3. The topological polar surface area (TPSA) is 69.4 Å². The zero-order valence-electron chi connectivity index (χ0n) is 17.9. The molecule has 4 heteroatoms. The van der Waals surface area contributed by atoms with Crippen LogP contribution in [0.1, 0.15) is 36.5 Å². The third-order valence-electron chi connectivity index (χ3n) is 6.37. The Bertz CT molecular complexity index is 1060. The third kappa shape index (κ3) is 3.98. The zero-order chi connectivity index (χ0) is 22.0. The van der Waals surface area contributed by atoms with Crippen molar-refractivity contribution in [3.05, 3.63) is 95.6 Å². The Labute approximate surface area is 183 Å². The smallest absolute Gasteiger partial charge is 0.312 e. The van der Waals surface area contributed by atoms with E-state index in [-0.39, 0.29) is 12.5 Å². The first kappa shape index (κ1) is 20.9. The number of amides is 1. The first-order valence-corrected chi connectivity index (χ1v) is 10.6. The lowest BCUT2D eigenvalue weighted by molar-refractivity contribution is -0.160. The van der Waals surface area contributed by atoms with Crippen molar-refractivity contribution in [2.45, 2.75) is 26.2 Å². The van der Waals surface area contributed by atoms with E-state index in [0.29, 0.717) is 6.42 Å². The minimum Gasteiger partial charge on any atom is -0.464 e. The van der Waals surface area contributed by atoms with Gasteiger partial charge in [0.15, 0.2) is 0 Å². The summed E-state index contributed by atoms with van der Waals surface area (Å²) < 4.78 is 5.83. The number of hydrogen-bond donors (Lipinski definition) is 1. The fourth-order valence-electron chi connectivity index (χ4n) is 4.49. The summed E-state index contributed by atoms with van der Waals surface area (Å²) >= 11 is 0. The lowest BCUT2D eigenvalue weighted by Gasteiger charge is -2.30. The molecule has 1 aliphatic rings. The van der Waals surface area contributed by atoms with E-state index in [1.165, 1.54) is 11.1 Å². The van der Waals surface area contributed by atoms with Crippen LogP contribution in [0.3, 0.4) is 0 Å². The highest BCUT2D eigenvalue weighted by Gasteiger charge is 2.42. The quantitative estimate of drug-likeness (QED) is 0.570. The number of benzene rings is 3. The predicted molar refractivity (Wildman–Crippen MR) is 121 cm³/mol. The van der Waals surface area contributed by atoms with E-state index in [0.717, 1.165) is 16.7 Å².